The normalized spacial score (nSPS) is 11.2. The second-order valence-corrected chi connectivity index (χ2v) is 4.90. The van der Waals surface area contributed by atoms with Crippen molar-refractivity contribution in [2.75, 3.05) is 0 Å². The van der Waals surface area contributed by atoms with Crippen molar-refractivity contribution in [2.45, 2.75) is 13.1 Å². The van der Waals surface area contributed by atoms with Crippen LogP contribution in [0.25, 0.3) is 10.9 Å². The Morgan fingerprint density at radius 3 is 2.86 bits per heavy atom. The lowest BCUT2D eigenvalue weighted by atomic mass is 10.2. The van der Waals surface area contributed by atoms with E-state index in [1.165, 1.54) is 10.9 Å². The van der Waals surface area contributed by atoms with E-state index in [9.17, 15) is 0 Å². The third-order valence-corrected chi connectivity index (χ3v) is 3.41. The highest BCUT2D eigenvalue weighted by Gasteiger charge is 2.06. The Kier molecular flexibility index (Phi) is 2.77. The van der Waals surface area contributed by atoms with Gasteiger partial charge < -0.3 is 9.09 Å². The molecule has 0 aliphatic heterocycles. The highest BCUT2D eigenvalue weighted by molar-refractivity contribution is 5.79. The minimum Gasteiger partial charge on any atom is -0.364 e. The highest BCUT2D eigenvalue weighted by Crippen LogP contribution is 2.16. The molecule has 0 fully saturated rings. The molecule has 3 aromatic heterocycles. The van der Waals surface area contributed by atoms with Crippen LogP contribution in [0.2, 0.25) is 0 Å². The van der Waals surface area contributed by atoms with Gasteiger partial charge in [-0.3, -0.25) is 0 Å². The van der Waals surface area contributed by atoms with Gasteiger partial charge in [-0.1, -0.05) is 28.6 Å². The van der Waals surface area contributed by atoms with Gasteiger partial charge in [-0.2, -0.15) is 0 Å². The number of fused-ring (bicyclic) bond motifs is 1. The van der Waals surface area contributed by atoms with Crippen LogP contribution in [0, 0.1) is 0 Å². The van der Waals surface area contributed by atoms with Crippen LogP contribution in [-0.2, 0) is 13.1 Å². The van der Waals surface area contributed by atoms with Crippen molar-refractivity contribution in [2.24, 2.45) is 0 Å². The molecule has 1 aromatic carbocycles. The monoisotopic (exact) mass is 279 g/mol. The van der Waals surface area contributed by atoms with E-state index in [1.807, 2.05) is 24.4 Å². The van der Waals surface area contributed by atoms with Crippen LogP contribution in [0.15, 0.2) is 59.6 Å². The van der Waals surface area contributed by atoms with E-state index in [4.69, 9.17) is 4.52 Å². The van der Waals surface area contributed by atoms with Crippen LogP contribution in [0.3, 0.4) is 0 Å². The molecule has 0 atom stereocenters. The van der Waals surface area contributed by atoms with Crippen LogP contribution in [0.4, 0.5) is 0 Å². The Balaban J connectivity index is 1.56. The van der Waals surface area contributed by atoms with E-state index in [2.05, 4.69) is 44.4 Å². The van der Waals surface area contributed by atoms with Gasteiger partial charge in [0.05, 0.1) is 19.3 Å². The summed E-state index contributed by atoms with van der Waals surface area (Å²) in [5.41, 5.74) is 2.95. The van der Waals surface area contributed by atoms with Crippen molar-refractivity contribution in [1.29, 1.82) is 0 Å². The summed E-state index contributed by atoms with van der Waals surface area (Å²) < 4.78 is 8.74. The molecule has 0 aliphatic rings. The van der Waals surface area contributed by atoms with Gasteiger partial charge in [0.15, 0.2) is 0 Å². The summed E-state index contributed by atoms with van der Waals surface area (Å²) in [5, 5.41) is 13.4. The molecule has 6 heteroatoms. The Labute approximate surface area is 120 Å². The first kappa shape index (κ1) is 11.9. The van der Waals surface area contributed by atoms with Gasteiger partial charge in [-0.25, -0.2) is 4.68 Å². The zero-order valence-electron chi connectivity index (χ0n) is 11.3. The number of hydrogen-bond donors (Lipinski definition) is 0. The second-order valence-electron chi connectivity index (χ2n) is 4.90. The van der Waals surface area contributed by atoms with E-state index in [-0.39, 0.29) is 0 Å². The van der Waals surface area contributed by atoms with E-state index in [1.54, 1.807) is 10.9 Å². The van der Waals surface area contributed by atoms with Crippen LogP contribution >= 0.6 is 0 Å². The van der Waals surface area contributed by atoms with Crippen LogP contribution in [0.5, 0.6) is 0 Å². The first-order valence-corrected chi connectivity index (χ1v) is 6.71. The average molecular weight is 279 g/mol. The van der Waals surface area contributed by atoms with Crippen LogP contribution in [0.1, 0.15) is 11.4 Å². The minimum absolute atomic E-state index is 0.565. The predicted octanol–water partition coefficient (Wildman–Crippen LogP) is 2.32. The molecule has 0 saturated heterocycles. The summed E-state index contributed by atoms with van der Waals surface area (Å²) in [7, 11) is 0. The van der Waals surface area contributed by atoms with Gasteiger partial charge in [0.2, 0.25) is 0 Å². The summed E-state index contributed by atoms with van der Waals surface area (Å²) in [6.45, 7) is 1.27. The van der Waals surface area contributed by atoms with Gasteiger partial charge in [0.25, 0.3) is 0 Å². The summed E-state index contributed by atoms with van der Waals surface area (Å²) >= 11 is 0. The standard InChI is InChI=1S/C15H13N5O/c1-2-4-15-12(3-1)5-7-19(15)9-14-11-20(18-16-14)10-13-6-8-21-17-13/h1-8,11H,9-10H2. The molecule has 0 radical (unpaired) electrons. The maximum Gasteiger partial charge on any atom is 0.124 e. The Morgan fingerprint density at radius 2 is 1.95 bits per heavy atom. The second kappa shape index (κ2) is 4.90. The maximum absolute atomic E-state index is 4.81. The molecule has 0 bridgehead atoms. The van der Waals surface area contributed by atoms with Crippen LogP contribution in [-0.4, -0.2) is 24.7 Å². The number of hydrogen-bond acceptors (Lipinski definition) is 4. The lowest BCUT2D eigenvalue weighted by Gasteiger charge is -2.01. The van der Waals surface area contributed by atoms with Crippen molar-refractivity contribution in [3.05, 3.63) is 66.4 Å². The van der Waals surface area contributed by atoms with Gasteiger partial charge in [-0.05, 0) is 17.5 Å². The van der Waals surface area contributed by atoms with Crippen molar-refractivity contribution in [3.63, 3.8) is 0 Å². The van der Waals surface area contributed by atoms with Crippen molar-refractivity contribution in [1.82, 2.24) is 24.7 Å². The number of nitrogens with zero attached hydrogens (tertiary/aromatic N) is 5. The number of rotatable bonds is 4. The summed E-state index contributed by atoms with van der Waals surface area (Å²) in [5.74, 6) is 0. The molecule has 4 aromatic rings. The largest absolute Gasteiger partial charge is 0.364 e. The molecule has 21 heavy (non-hydrogen) atoms. The van der Waals surface area contributed by atoms with Gasteiger partial charge in [-0.15, -0.1) is 5.10 Å². The van der Waals surface area contributed by atoms with Crippen molar-refractivity contribution >= 4 is 10.9 Å². The predicted molar refractivity (Wildman–Crippen MR) is 76.7 cm³/mol. The molecule has 0 N–H and O–H groups in total. The fourth-order valence-electron chi connectivity index (χ4n) is 2.43. The van der Waals surface area contributed by atoms with Crippen molar-refractivity contribution < 1.29 is 4.52 Å². The highest BCUT2D eigenvalue weighted by atomic mass is 16.5. The topological polar surface area (TPSA) is 61.7 Å². The summed E-state index contributed by atoms with van der Waals surface area (Å²) in [6, 6.07) is 12.2. The van der Waals surface area contributed by atoms with Crippen molar-refractivity contribution in [3.8, 4) is 0 Å². The summed E-state index contributed by atoms with van der Waals surface area (Å²) in [4.78, 5) is 0. The Bertz CT molecular complexity index is 859. The minimum atomic E-state index is 0.565. The Hall–Kier alpha value is -2.89. The molecule has 0 unspecified atom stereocenters. The maximum atomic E-state index is 4.81. The molecule has 104 valence electrons. The molecule has 0 aliphatic carbocycles. The number of para-hydroxylation sites is 1. The molecule has 4 rings (SSSR count). The van der Waals surface area contributed by atoms with Crippen LogP contribution < -0.4 is 0 Å². The quantitative estimate of drug-likeness (QED) is 0.575. The van der Waals surface area contributed by atoms with Gasteiger partial charge >= 0.3 is 0 Å². The number of benzene rings is 1. The molecular formula is C15H13N5O. The fraction of sp³-hybridized carbons (Fsp3) is 0.133. The third kappa shape index (κ3) is 2.31. The first-order chi connectivity index (χ1) is 10.4. The van der Waals surface area contributed by atoms with E-state index in [0.29, 0.717) is 13.1 Å². The smallest absolute Gasteiger partial charge is 0.124 e. The molecule has 0 saturated carbocycles. The summed E-state index contributed by atoms with van der Waals surface area (Å²) in [6.07, 6.45) is 5.56. The fourth-order valence-corrected chi connectivity index (χ4v) is 2.43. The third-order valence-electron chi connectivity index (χ3n) is 3.41. The first-order valence-electron chi connectivity index (χ1n) is 6.71. The average Bonchev–Trinajstić information content (AvgIpc) is 3.23. The SMILES string of the molecule is c1ccc2c(c1)ccn2Cc1cn(Cc2ccon2)nn1. The van der Waals surface area contributed by atoms with E-state index >= 15 is 0 Å². The molecule has 0 spiro atoms. The lowest BCUT2D eigenvalue weighted by molar-refractivity contribution is 0.407. The zero-order valence-corrected chi connectivity index (χ0v) is 11.3. The van der Waals surface area contributed by atoms with E-state index < -0.39 is 0 Å². The lowest BCUT2D eigenvalue weighted by Crippen LogP contribution is -2.00. The van der Waals surface area contributed by atoms with Gasteiger partial charge in [0.1, 0.15) is 17.7 Å². The zero-order chi connectivity index (χ0) is 14.1. The molecule has 3 heterocycles. The number of aromatic nitrogens is 5. The van der Waals surface area contributed by atoms with Gasteiger partial charge in [0, 0.05) is 17.8 Å². The molecule has 6 nitrogen and oxygen atoms in total. The van der Waals surface area contributed by atoms with E-state index in [0.717, 1.165) is 11.4 Å². The molecule has 0 amide bonds. The Morgan fingerprint density at radius 1 is 1.00 bits per heavy atom. The molecular weight excluding hydrogens is 266 g/mol.